The fourth-order valence-corrected chi connectivity index (χ4v) is 1.96. The maximum atomic E-state index is 11.2. The number of aldehydes is 1. The van der Waals surface area contributed by atoms with Gasteiger partial charge in [-0.1, -0.05) is 0 Å². The number of aryl methyl sites for hydroxylation is 1. The summed E-state index contributed by atoms with van der Waals surface area (Å²) in [4.78, 5) is 21.8. The molecule has 1 rings (SSSR count). The number of halogens is 1. The van der Waals surface area contributed by atoms with Crippen LogP contribution in [-0.2, 0) is 0 Å². The molecule has 0 bridgehead atoms. The maximum absolute atomic E-state index is 11.2. The van der Waals surface area contributed by atoms with Crippen molar-refractivity contribution >= 4 is 34.7 Å². The third kappa shape index (κ3) is 2.15. The number of hydrogen-bond acceptors (Lipinski definition) is 2. The molecule has 0 saturated carbocycles. The average Bonchev–Trinajstić information content (AvgIpc) is 2.08. The van der Waals surface area contributed by atoms with Crippen molar-refractivity contribution in [3.8, 4) is 0 Å². The lowest BCUT2D eigenvalue weighted by atomic mass is 10.1. The van der Waals surface area contributed by atoms with Gasteiger partial charge in [-0.25, -0.2) is 0 Å². The van der Waals surface area contributed by atoms with Crippen molar-refractivity contribution in [3.05, 3.63) is 32.4 Å². The monoisotopic (exact) mass is 288 g/mol. The van der Waals surface area contributed by atoms with E-state index in [1.165, 1.54) is 6.92 Å². The van der Waals surface area contributed by atoms with E-state index < -0.39 is 0 Å². The second-order valence-electron chi connectivity index (χ2n) is 2.89. The van der Waals surface area contributed by atoms with Gasteiger partial charge in [0.2, 0.25) is 0 Å². The summed E-state index contributed by atoms with van der Waals surface area (Å²) in [6, 6.07) is 3.58. The van der Waals surface area contributed by atoms with E-state index in [9.17, 15) is 9.59 Å². The standard InChI is InChI=1S/C10H9IO2/c1-6-3-8(5-12)10(11)9(4-6)7(2)13/h3-5H,1-2H3. The fourth-order valence-electron chi connectivity index (χ4n) is 1.14. The van der Waals surface area contributed by atoms with E-state index in [2.05, 4.69) is 0 Å². The van der Waals surface area contributed by atoms with E-state index in [0.717, 1.165) is 15.4 Å². The highest BCUT2D eigenvalue weighted by Crippen LogP contribution is 2.18. The summed E-state index contributed by atoms with van der Waals surface area (Å²) in [5.74, 6) is -0.00352. The number of Topliss-reactive ketones (excluding diaryl/α,β-unsaturated/α-hetero) is 1. The Morgan fingerprint density at radius 2 is 2.08 bits per heavy atom. The lowest BCUT2D eigenvalue weighted by Gasteiger charge is -2.04. The van der Waals surface area contributed by atoms with Gasteiger partial charge < -0.3 is 0 Å². The summed E-state index contributed by atoms with van der Waals surface area (Å²) in [5, 5.41) is 0. The van der Waals surface area contributed by atoms with E-state index >= 15 is 0 Å². The van der Waals surface area contributed by atoms with Gasteiger partial charge in [-0.3, -0.25) is 9.59 Å². The first kappa shape index (κ1) is 10.4. The van der Waals surface area contributed by atoms with Gasteiger partial charge in [-0.05, 0) is 54.1 Å². The molecule has 0 unspecified atom stereocenters. The SMILES string of the molecule is CC(=O)c1cc(C)cc(C=O)c1I. The largest absolute Gasteiger partial charge is 0.298 e. The van der Waals surface area contributed by atoms with Crippen LogP contribution < -0.4 is 0 Å². The Hall–Kier alpha value is -0.710. The zero-order valence-corrected chi connectivity index (χ0v) is 9.58. The second kappa shape index (κ2) is 4.00. The molecule has 0 radical (unpaired) electrons. The molecule has 3 heteroatoms. The van der Waals surface area contributed by atoms with Crippen LogP contribution in [0, 0.1) is 10.5 Å². The lowest BCUT2D eigenvalue weighted by molar-refractivity contribution is 0.101. The minimum absolute atomic E-state index is 0.00352. The molecule has 68 valence electrons. The van der Waals surface area contributed by atoms with Crippen LogP contribution in [0.4, 0.5) is 0 Å². The molecule has 0 aromatic heterocycles. The predicted molar refractivity (Wildman–Crippen MR) is 59.3 cm³/mol. The van der Waals surface area contributed by atoms with Crippen LogP contribution in [-0.4, -0.2) is 12.1 Å². The zero-order valence-electron chi connectivity index (χ0n) is 7.43. The molecule has 0 heterocycles. The molecule has 0 atom stereocenters. The Morgan fingerprint density at radius 1 is 1.46 bits per heavy atom. The Kier molecular flexibility index (Phi) is 3.19. The Labute approximate surface area is 90.5 Å². The highest BCUT2D eigenvalue weighted by Gasteiger charge is 2.09. The second-order valence-corrected chi connectivity index (χ2v) is 3.97. The van der Waals surface area contributed by atoms with Crippen molar-refractivity contribution < 1.29 is 9.59 Å². The normalized spacial score (nSPS) is 9.77. The molecule has 0 aliphatic rings. The van der Waals surface area contributed by atoms with Gasteiger partial charge in [-0.2, -0.15) is 0 Å². The predicted octanol–water partition coefficient (Wildman–Crippen LogP) is 2.61. The molecule has 0 saturated heterocycles. The average molecular weight is 288 g/mol. The Morgan fingerprint density at radius 3 is 2.54 bits per heavy atom. The summed E-state index contributed by atoms with van der Waals surface area (Å²) in [6.07, 6.45) is 0.779. The fraction of sp³-hybridized carbons (Fsp3) is 0.200. The van der Waals surface area contributed by atoms with E-state index in [-0.39, 0.29) is 5.78 Å². The van der Waals surface area contributed by atoms with Crippen molar-refractivity contribution in [2.24, 2.45) is 0 Å². The van der Waals surface area contributed by atoms with Gasteiger partial charge in [0, 0.05) is 14.7 Å². The molecular weight excluding hydrogens is 279 g/mol. The number of rotatable bonds is 2. The first-order valence-corrected chi connectivity index (χ1v) is 4.90. The molecule has 1 aromatic carbocycles. The van der Waals surface area contributed by atoms with Crippen molar-refractivity contribution in [1.29, 1.82) is 0 Å². The number of benzene rings is 1. The van der Waals surface area contributed by atoms with Crippen LogP contribution in [0.3, 0.4) is 0 Å². The Bertz CT molecular complexity index is 369. The van der Waals surface area contributed by atoms with Gasteiger partial charge in [0.15, 0.2) is 12.1 Å². The number of hydrogen-bond donors (Lipinski definition) is 0. The van der Waals surface area contributed by atoms with Crippen molar-refractivity contribution in [2.75, 3.05) is 0 Å². The molecule has 13 heavy (non-hydrogen) atoms. The molecule has 0 N–H and O–H groups in total. The third-order valence-electron chi connectivity index (χ3n) is 1.75. The summed E-state index contributed by atoms with van der Waals surface area (Å²) >= 11 is 2.02. The quantitative estimate of drug-likeness (QED) is 0.476. The van der Waals surface area contributed by atoms with Gasteiger partial charge in [0.05, 0.1) is 0 Å². The van der Waals surface area contributed by atoms with Crippen LogP contribution >= 0.6 is 22.6 Å². The first-order chi connectivity index (χ1) is 6.06. The first-order valence-electron chi connectivity index (χ1n) is 3.82. The minimum atomic E-state index is -0.00352. The van der Waals surface area contributed by atoms with E-state index in [1.54, 1.807) is 12.1 Å². The van der Waals surface area contributed by atoms with Gasteiger partial charge in [0.1, 0.15) is 0 Å². The van der Waals surface area contributed by atoms with Crippen LogP contribution in [0.5, 0.6) is 0 Å². The molecule has 0 aliphatic heterocycles. The molecule has 0 amide bonds. The van der Waals surface area contributed by atoms with Gasteiger partial charge in [0.25, 0.3) is 0 Å². The molecule has 0 spiro atoms. The van der Waals surface area contributed by atoms with Crippen molar-refractivity contribution in [3.63, 3.8) is 0 Å². The van der Waals surface area contributed by atoms with Crippen LogP contribution in [0.15, 0.2) is 12.1 Å². The molecule has 2 nitrogen and oxygen atoms in total. The summed E-state index contributed by atoms with van der Waals surface area (Å²) in [6.45, 7) is 3.38. The highest BCUT2D eigenvalue weighted by molar-refractivity contribution is 14.1. The van der Waals surface area contributed by atoms with E-state index in [4.69, 9.17) is 0 Å². The van der Waals surface area contributed by atoms with E-state index in [0.29, 0.717) is 11.1 Å². The lowest BCUT2D eigenvalue weighted by Crippen LogP contribution is -2.00. The summed E-state index contributed by atoms with van der Waals surface area (Å²) in [7, 11) is 0. The highest BCUT2D eigenvalue weighted by atomic mass is 127. The third-order valence-corrected chi connectivity index (χ3v) is 2.96. The van der Waals surface area contributed by atoms with Crippen molar-refractivity contribution in [1.82, 2.24) is 0 Å². The van der Waals surface area contributed by atoms with Crippen LogP contribution in [0.25, 0.3) is 0 Å². The van der Waals surface area contributed by atoms with Gasteiger partial charge >= 0.3 is 0 Å². The molecular formula is C10H9IO2. The molecule has 1 aromatic rings. The summed E-state index contributed by atoms with van der Waals surface area (Å²) in [5.41, 5.74) is 2.15. The van der Waals surface area contributed by atoms with Crippen LogP contribution in [0.2, 0.25) is 0 Å². The van der Waals surface area contributed by atoms with Crippen LogP contribution in [0.1, 0.15) is 33.2 Å². The molecule has 0 fully saturated rings. The topological polar surface area (TPSA) is 34.1 Å². The number of ketones is 1. The van der Waals surface area contributed by atoms with Gasteiger partial charge in [-0.15, -0.1) is 0 Å². The van der Waals surface area contributed by atoms with E-state index in [1.807, 2.05) is 29.5 Å². The minimum Gasteiger partial charge on any atom is -0.298 e. The number of carbonyl (C=O) groups excluding carboxylic acids is 2. The smallest absolute Gasteiger partial charge is 0.160 e. The van der Waals surface area contributed by atoms with Crippen molar-refractivity contribution in [2.45, 2.75) is 13.8 Å². The molecule has 0 aliphatic carbocycles. The Balaban J connectivity index is 3.44. The number of carbonyl (C=O) groups is 2. The zero-order chi connectivity index (χ0) is 10.0. The summed E-state index contributed by atoms with van der Waals surface area (Å²) < 4.78 is 0.741. The maximum Gasteiger partial charge on any atom is 0.160 e.